The van der Waals surface area contributed by atoms with Crippen molar-refractivity contribution in [1.82, 2.24) is 10.3 Å². The van der Waals surface area contributed by atoms with E-state index in [1.165, 1.54) is 16.2 Å². The quantitative estimate of drug-likeness (QED) is 0.781. The number of thiazole rings is 1. The van der Waals surface area contributed by atoms with Gasteiger partial charge in [0.05, 0.1) is 12.1 Å². The first-order chi connectivity index (χ1) is 8.65. The molecule has 6 nitrogen and oxygen atoms in total. The molecule has 1 aliphatic rings. The number of urea groups is 1. The number of carboxylic acid groups (broad SMARTS) is 1. The average molecular weight is 287 g/mol. The lowest BCUT2D eigenvalue weighted by molar-refractivity contribution is -0.136. The molecule has 0 radical (unpaired) electrons. The molecule has 1 aromatic heterocycles. The lowest BCUT2D eigenvalue weighted by Gasteiger charge is -2.06. The number of rotatable bonds is 4. The van der Waals surface area contributed by atoms with Crippen LogP contribution in [0.3, 0.4) is 0 Å². The van der Waals surface area contributed by atoms with E-state index in [0.717, 1.165) is 23.6 Å². The SMILES string of the molecule is O=C(O)CCNC(=O)Nc1nc2c(s1)CSCC2. The molecule has 0 bridgehead atoms. The van der Waals surface area contributed by atoms with Crippen LogP contribution in [0.4, 0.5) is 9.93 Å². The van der Waals surface area contributed by atoms with E-state index in [4.69, 9.17) is 5.11 Å². The minimum absolute atomic E-state index is 0.0849. The summed E-state index contributed by atoms with van der Waals surface area (Å²) in [6.07, 6.45) is 0.858. The maximum absolute atomic E-state index is 11.5. The summed E-state index contributed by atoms with van der Waals surface area (Å²) in [6.45, 7) is 0.113. The van der Waals surface area contributed by atoms with E-state index in [1.54, 1.807) is 0 Å². The first kappa shape index (κ1) is 13.2. The van der Waals surface area contributed by atoms with Crippen molar-refractivity contribution >= 4 is 40.2 Å². The zero-order valence-corrected chi connectivity index (χ0v) is 11.2. The summed E-state index contributed by atoms with van der Waals surface area (Å²) >= 11 is 3.35. The van der Waals surface area contributed by atoms with Crippen LogP contribution in [0.1, 0.15) is 17.0 Å². The summed E-state index contributed by atoms with van der Waals surface area (Å²) in [6, 6.07) is -0.407. The van der Waals surface area contributed by atoms with Gasteiger partial charge in [0.2, 0.25) is 0 Å². The molecule has 0 saturated carbocycles. The fourth-order valence-corrected chi connectivity index (χ4v) is 3.62. The lowest BCUT2D eigenvalue weighted by atomic mass is 10.3. The Morgan fingerprint density at radius 3 is 3.00 bits per heavy atom. The average Bonchev–Trinajstić information content (AvgIpc) is 2.70. The molecule has 0 spiro atoms. The molecule has 2 heterocycles. The van der Waals surface area contributed by atoms with Crippen molar-refractivity contribution in [3.8, 4) is 0 Å². The van der Waals surface area contributed by atoms with Gasteiger partial charge in [0, 0.05) is 17.2 Å². The van der Waals surface area contributed by atoms with Crippen LogP contribution in [0.5, 0.6) is 0 Å². The van der Waals surface area contributed by atoms with Crippen LogP contribution < -0.4 is 10.6 Å². The van der Waals surface area contributed by atoms with Crippen LogP contribution in [0.2, 0.25) is 0 Å². The van der Waals surface area contributed by atoms with Gasteiger partial charge in [-0.2, -0.15) is 11.8 Å². The van der Waals surface area contributed by atoms with E-state index in [-0.39, 0.29) is 13.0 Å². The summed E-state index contributed by atoms with van der Waals surface area (Å²) in [5, 5.41) is 14.1. The molecule has 8 heteroatoms. The minimum Gasteiger partial charge on any atom is -0.481 e. The standard InChI is InChI=1S/C10H13N3O3S2/c14-8(15)1-3-11-9(16)13-10-12-6-2-4-17-5-7(6)18-10/h1-5H2,(H,14,15)(H2,11,12,13,16). The van der Waals surface area contributed by atoms with E-state index in [0.29, 0.717) is 5.13 Å². The van der Waals surface area contributed by atoms with Gasteiger partial charge < -0.3 is 10.4 Å². The monoisotopic (exact) mass is 287 g/mol. The summed E-state index contributed by atoms with van der Waals surface area (Å²) in [5.41, 5.74) is 1.07. The van der Waals surface area contributed by atoms with Crippen LogP contribution in [0.15, 0.2) is 0 Å². The number of hydrogen-bond acceptors (Lipinski definition) is 5. The second-order valence-corrected chi connectivity index (χ2v) is 5.90. The number of carboxylic acids is 1. The number of hydrogen-bond donors (Lipinski definition) is 3. The van der Waals surface area contributed by atoms with Crippen LogP contribution in [-0.4, -0.2) is 34.4 Å². The topological polar surface area (TPSA) is 91.3 Å². The molecule has 2 rings (SSSR count). The molecule has 0 unspecified atom stereocenters. The van der Waals surface area contributed by atoms with Gasteiger partial charge in [0.25, 0.3) is 0 Å². The van der Waals surface area contributed by atoms with E-state index in [2.05, 4.69) is 15.6 Å². The zero-order chi connectivity index (χ0) is 13.0. The van der Waals surface area contributed by atoms with Crippen molar-refractivity contribution in [2.45, 2.75) is 18.6 Å². The second-order valence-electron chi connectivity index (χ2n) is 3.72. The summed E-state index contributed by atoms with van der Waals surface area (Å²) in [4.78, 5) is 27.3. The Balaban J connectivity index is 1.83. The lowest BCUT2D eigenvalue weighted by Crippen LogP contribution is -2.30. The van der Waals surface area contributed by atoms with Crippen LogP contribution >= 0.6 is 23.1 Å². The number of nitrogens with one attached hydrogen (secondary N) is 2. The number of aliphatic carboxylic acids is 1. The van der Waals surface area contributed by atoms with E-state index in [1.807, 2.05) is 11.8 Å². The number of aromatic nitrogens is 1. The van der Waals surface area contributed by atoms with Crippen LogP contribution in [0.25, 0.3) is 0 Å². The summed E-state index contributed by atoms with van der Waals surface area (Å²) in [7, 11) is 0. The molecule has 3 N–H and O–H groups in total. The number of carbonyl (C=O) groups excluding carboxylic acids is 1. The Hall–Kier alpha value is -1.28. The summed E-state index contributed by atoms with van der Waals surface area (Å²) in [5.74, 6) is 1.09. The van der Waals surface area contributed by atoms with Gasteiger partial charge in [-0.05, 0) is 12.2 Å². The first-order valence-electron chi connectivity index (χ1n) is 5.48. The van der Waals surface area contributed by atoms with Crippen molar-refractivity contribution in [3.05, 3.63) is 10.6 Å². The first-order valence-corrected chi connectivity index (χ1v) is 7.45. The second kappa shape index (κ2) is 6.05. The normalized spacial score (nSPS) is 13.8. The molecule has 0 aliphatic carbocycles. The maximum Gasteiger partial charge on any atom is 0.321 e. The zero-order valence-electron chi connectivity index (χ0n) is 9.56. The third kappa shape index (κ3) is 3.61. The van der Waals surface area contributed by atoms with Gasteiger partial charge >= 0.3 is 12.0 Å². The Morgan fingerprint density at radius 1 is 1.44 bits per heavy atom. The molecule has 1 aromatic rings. The molecular weight excluding hydrogens is 274 g/mol. The number of thioether (sulfide) groups is 1. The molecular formula is C10H13N3O3S2. The molecule has 0 atom stereocenters. The molecule has 2 amide bonds. The fraction of sp³-hybridized carbons (Fsp3) is 0.500. The van der Waals surface area contributed by atoms with E-state index >= 15 is 0 Å². The minimum atomic E-state index is -0.933. The van der Waals surface area contributed by atoms with Gasteiger partial charge in [-0.25, -0.2) is 9.78 Å². The Bertz CT molecular complexity index is 438. The van der Waals surface area contributed by atoms with E-state index in [9.17, 15) is 9.59 Å². The molecule has 0 aromatic carbocycles. The number of amides is 2. The van der Waals surface area contributed by atoms with Crippen molar-refractivity contribution in [1.29, 1.82) is 0 Å². The third-order valence-corrected chi connectivity index (χ3v) is 4.52. The van der Waals surface area contributed by atoms with Gasteiger partial charge in [-0.3, -0.25) is 10.1 Å². The fourth-order valence-electron chi connectivity index (χ4n) is 1.50. The van der Waals surface area contributed by atoms with E-state index < -0.39 is 12.0 Å². The van der Waals surface area contributed by atoms with Gasteiger partial charge in [-0.1, -0.05) is 0 Å². The van der Waals surface area contributed by atoms with Gasteiger partial charge in [-0.15, -0.1) is 11.3 Å². The summed E-state index contributed by atoms with van der Waals surface area (Å²) < 4.78 is 0. The van der Waals surface area contributed by atoms with Crippen molar-refractivity contribution in [2.24, 2.45) is 0 Å². The van der Waals surface area contributed by atoms with Gasteiger partial charge in [0.15, 0.2) is 5.13 Å². The third-order valence-electron chi connectivity index (χ3n) is 2.34. The Kier molecular flexibility index (Phi) is 4.43. The Morgan fingerprint density at radius 2 is 2.28 bits per heavy atom. The van der Waals surface area contributed by atoms with Crippen molar-refractivity contribution in [3.63, 3.8) is 0 Å². The number of aryl methyl sites for hydroxylation is 1. The van der Waals surface area contributed by atoms with Crippen molar-refractivity contribution in [2.75, 3.05) is 17.6 Å². The molecule has 1 aliphatic heterocycles. The highest BCUT2D eigenvalue weighted by Gasteiger charge is 2.16. The highest BCUT2D eigenvalue weighted by Crippen LogP contribution is 2.31. The molecule has 98 valence electrons. The van der Waals surface area contributed by atoms with Gasteiger partial charge in [0.1, 0.15) is 0 Å². The number of nitrogens with zero attached hydrogens (tertiary/aromatic N) is 1. The molecule has 18 heavy (non-hydrogen) atoms. The number of carbonyl (C=O) groups is 2. The highest BCUT2D eigenvalue weighted by atomic mass is 32.2. The molecule has 0 fully saturated rings. The smallest absolute Gasteiger partial charge is 0.321 e. The highest BCUT2D eigenvalue weighted by molar-refractivity contribution is 7.98. The number of fused-ring (bicyclic) bond motifs is 1. The predicted molar refractivity (Wildman–Crippen MR) is 71.3 cm³/mol. The predicted octanol–water partition coefficient (Wildman–Crippen LogP) is 1.53. The molecule has 0 saturated heterocycles. The maximum atomic E-state index is 11.5. The van der Waals surface area contributed by atoms with Crippen molar-refractivity contribution < 1.29 is 14.7 Å². The van der Waals surface area contributed by atoms with Crippen LogP contribution in [-0.2, 0) is 17.0 Å². The van der Waals surface area contributed by atoms with Crippen LogP contribution in [0, 0.1) is 0 Å². The Labute approximate surface area is 112 Å². The largest absolute Gasteiger partial charge is 0.481 e. The number of anilines is 1.